The summed E-state index contributed by atoms with van der Waals surface area (Å²) in [5.74, 6) is -1.54. The van der Waals surface area contributed by atoms with E-state index in [4.69, 9.17) is 28.3 Å². The number of hydrogen-bond acceptors (Lipinski definition) is 3. The number of carboxylic acids is 1. The number of thiophene rings is 1. The second kappa shape index (κ2) is 6.13. The third kappa shape index (κ3) is 3.32. The summed E-state index contributed by atoms with van der Waals surface area (Å²) < 4.78 is 1.12. The monoisotopic (exact) mass is 393 g/mol. The van der Waals surface area contributed by atoms with Crippen LogP contribution in [0.3, 0.4) is 0 Å². The van der Waals surface area contributed by atoms with Crippen molar-refractivity contribution >= 4 is 68.0 Å². The first-order valence-electron chi connectivity index (χ1n) is 5.17. The fraction of sp³-hybridized carbons (Fsp3) is 0. The van der Waals surface area contributed by atoms with Gasteiger partial charge in [-0.1, -0.05) is 23.2 Å². The molecule has 0 spiro atoms. The van der Waals surface area contributed by atoms with Gasteiger partial charge in [-0.25, -0.2) is 4.79 Å². The third-order valence-electron chi connectivity index (χ3n) is 2.36. The molecule has 0 unspecified atom stereocenters. The summed E-state index contributed by atoms with van der Waals surface area (Å²) in [5, 5.41) is 11.6. The molecular formula is C12H6BrCl2NO3S. The molecular weight excluding hydrogens is 389 g/mol. The van der Waals surface area contributed by atoms with Crippen LogP contribution in [0.2, 0.25) is 8.67 Å². The minimum absolute atomic E-state index is 0.0530. The molecule has 0 aliphatic rings. The van der Waals surface area contributed by atoms with Crippen molar-refractivity contribution < 1.29 is 14.7 Å². The number of benzene rings is 1. The third-order valence-corrected chi connectivity index (χ3v) is 4.54. The minimum Gasteiger partial charge on any atom is -0.478 e. The highest BCUT2D eigenvalue weighted by molar-refractivity contribution is 9.10. The van der Waals surface area contributed by atoms with Crippen molar-refractivity contribution in [2.24, 2.45) is 0 Å². The van der Waals surface area contributed by atoms with E-state index in [1.54, 1.807) is 12.1 Å². The number of hydrogen-bond donors (Lipinski definition) is 2. The maximum absolute atomic E-state index is 12.0. The van der Waals surface area contributed by atoms with Crippen LogP contribution in [0.4, 0.5) is 5.69 Å². The predicted molar refractivity (Wildman–Crippen MR) is 83.4 cm³/mol. The van der Waals surface area contributed by atoms with Crippen LogP contribution in [0.5, 0.6) is 0 Å². The van der Waals surface area contributed by atoms with Gasteiger partial charge in [-0.15, -0.1) is 11.3 Å². The quantitative estimate of drug-likeness (QED) is 0.787. The van der Waals surface area contributed by atoms with Crippen molar-refractivity contribution in [3.8, 4) is 0 Å². The van der Waals surface area contributed by atoms with Crippen molar-refractivity contribution in [3.63, 3.8) is 0 Å². The fourth-order valence-corrected chi connectivity index (χ4v) is 3.33. The molecule has 1 aromatic heterocycles. The van der Waals surface area contributed by atoms with Gasteiger partial charge in [0.2, 0.25) is 0 Å². The SMILES string of the molecule is O=C(O)c1cc(NC(=O)c2cc(Cl)sc2Cl)ccc1Br. The lowest BCUT2D eigenvalue weighted by atomic mass is 10.2. The number of nitrogens with one attached hydrogen (secondary N) is 1. The second-order valence-corrected chi connectivity index (χ2v) is 6.83. The van der Waals surface area contributed by atoms with Crippen LogP contribution in [0.15, 0.2) is 28.7 Å². The molecule has 8 heteroatoms. The molecule has 0 saturated carbocycles. The highest BCUT2D eigenvalue weighted by Gasteiger charge is 2.16. The van der Waals surface area contributed by atoms with Gasteiger partial charge < -0.3 is 10.4 Å². The van der Waals surface area contributed by atoms with Crippen LogP contribution < -0.4 is 5.32 Å². The topological polar surface area (TPSA) is 66.4 Å². The molecule has 0 bridgehead atoms. The normalized spacial score (nSPS) is 10.3. The Morgan fingerprint density at radius 3 is 2.45 bits per heavy atom. The highest BCUT2D eigenvalue weighted by atomic mass is 79.9. The zero-order chi connectivity index (χ0) is 14.9. The molecule has 2 rings (SSSR count). The molecule has 4 nitrogen and oxygen atoms in total. The van der Waals surface area contributed by atoms with Gasteiger partial charge >= 0.3 is 5.97 Å². The lowest BCUT2D eigenvalue weighted by molar-refractivity contribution is 0.0695. The van der Waals surface area contributed by atoms with E-state index in [0.717, 1.165) is 11.3 Å². The number of rotatable bonds is 3. The zero-order valence-corrected chi connectivity index (χ0v) is 13.5. The fourth-order valence-electron chi connectivity index (χ4n) is 1.46. The van der Waals surface area contributed by atoms with E-state index in [0.29, 0.717) is 14.5 Å². The Labute approximate surface area is 136 Å². The van der Waals surface area contributed by atoms with Crippen molar-refractivity contribution in [2.75, 3.05) is 5.32 Å². The molecule has 0 aliphatic heterocycles. The van der Waals surface area contributed by atoms with Gasteiger partial charge in [0, 0.05) is 10.2 Å². The lowest BCUT2D eigenvalue weighted by Crippen LogP contribution is -2.12. The smallest absolute Gasteiger partial charge is 0.336 e. The molecule has 2 aromatic rings. The molecule has 2 N–H and O–H groups in total. The molecule has 0 aliphatic carbocycles. The number of carboxylic acid groups (broad SMARTS) is 1. The second-order valence-electron chi connectivity index (χ2n) is 3.69. The Balaban J connectivity index is 2.26. The van der Waals surface area contributed by atoms with Crippen LogP contribution in [0, 0.1) is 0 Å². The summed E-state index contributed by atoms with van der Waals surface area (Å²) in [5.41, 5.74) is 0.660. The maximum atomic E-state index is 12.0. The van der Waals surface area contributed by atoms with E-state index in [2.05, 4.69) is 21.2 Å². The number of carbonyl (C=O) groups excluding carboxylic acids is 1. The standard InChI is InChI=1S/C12H6BrCl2NO3S/c13-8-2-1-5(3-6(8)12(18)19)16-11(17)7-4-9(14)20-10(7)15/h1-4H,(H,16,17)(H,18,19). The van der Waals surface area contributed by atoms with E-state index in [1.165, 1.54) is 12.1 Å². The Kier molecular flexibility index (Phi) is 4.70. The van der Waals surface area contributed by atoms with Crippen LogP contribution >= 0.6 is 50.5 Å². The Bertz CT molecular complexity index is 702. The van der Waals surface area contributed by atoms with Crippen LogP contribution in [0.25, 0.3) is 0 Å². The minimum atomic E-state index is -1.09. The van der Waals surface area contributed by atoms with Crippen molar-refractivity contribution in [1.82, 2.24) is 0 Å². The molecule has 104 valence electrons. The largest absolute Gasteiger partial charge is 0.478 e. The van der Waals surface area contributed by atoms with Gasteiger partial charge in [-0.3, -0.25) is 4.79 Å². The molecule has 0 fully saturated rings. The molecule has 20 heavy (non-hydrogen) atoms. The number of amides is 1. The lowest BCUT2D eigenvalue weighted by Gasteiger charge is -2.06. The summed E-state index contributed by atoms with van der Waals surface area (Å²) in [7, 11) is 0. The molecule has 0 saturated heterocycles. The Morgan fingerprint density at radius 2 is 1.90 bits per heavy atom. The summed E-state index contributed by atoms with van der Waals surface area (Å²) >= 11 is 15.9. The van der Waals surface area contributed by atoms with Crippen molar-refractivity contribution in [2.45, 2.75) is 0 Å². The van der Waals surface area contributed by atoms with Gasteiger partial charge in [0.05, 0.1) is 15.5 Å². The molecule has 1 amide bonds. The number of aromatic carboxylic acids is 1. The van der Waals surface area contributed by atoms with Gasteiger partial charge in [-0.2, -0.15) is 0 Å². The number of halogens is 3. The van der Waals surface area contributed by atoms with Crippen molar-refractivity contribution in [1.29, 1.82) is 0 Å². The summed E-state index contributed by atoms with van der Waals surface area (Å²) in [6.45, 7) is 0. The first-order valence-corrected chi connectivity index (χ1v) is 7.54. The van der Waals surface area contributed by atoms with Gasteiger partial charge in [-0.05, 0) is 40.2 Å². The Morgan fingerprint density at radius 1 is 1.20 bits per heavy atom. The van der Waals surface area contributed by atoms with Crippen molar-refractivity contribution in [3.05, 3.63) is 48.5 Å². The average Bonchev–Trinajstić information content (AvgIpc) is 2.70. The van der Waals surface area contributed by atoms with E-state index >= 15 is 0 Å². The first kappa shape index (κ1) is 15.3. The van der Waals surface area contributed by atoms with Crippen LogP contribution in [0.1, 0.15) is 20.7 Å². The van der Waals surface area contributed by atoms with E-state index in [9.17, 15) is 9.59 Å². The first-order chi connectivity index (χ1) is 9.38. The summed E-state index contributed by atoms with van der Waals surface area (Å²) in [4.78, 5) is 23.0. The van der Waals surface area contributed by atoms with Gasteiger partial charge in [0.25, 0.3) is 5.91 Å². The van der Waals surface area contributed by atoms with Crippen LogP contribution in [-0.4, -0.2) is 17.0 Å². The van der Waals surface area contributed by atoms with Gasteiger partial charge in [0.1, 0.15) is 4.34 Å². The molecule has 0 radical (unpaired) electrons. The maximum Gasteiger partial charge on any atom is 0.336 e. The zero-order valence-electron chi connectivity index (χ0n) is 9.62. The van der Waals surface area contributed by atoms with Crippen LogP contribution in [-0.2, 0) is 0 Å². The predicted octanol–water partition coefficient (Wildman–Crippen LogP) is 4.77. The summed E-state index contributed by atoms with van der Waals surface area (Å²) in [6, 6.07) is 5.94. The van der Waals surface area contributed by atoms with E-state index in [1.807, 2.05) is 0 Å². The average molecular weight is 395 g/mol. The molecule has 1 heterocycles. The van der Waals surface area contributed by atoms with E-state index < -0.39 is 11.9 Å². The number of anilines is 1. The highest BCUT2D eigenvalue weighted by Crippen LogP contribution is 2.31. The summed E-state index contributed by atoms with van der Waals surface area (Å²) in [6.07, 6.45) is 0. The number of carbonyl (C=O) groups is 2. The Hall–Kier alpha value is -1.08. The molecule has 1 aromatic carbocycles. The molecule has 0 atom stereocenters. The van der Waals surface area contributed by atoms with Gasteiger partial charge in [0.15, 0.2) is 0 Å². The van der Waals surface area contributed by atoms with E-state index in [-0.39, 0.29) is 15.5 Å².